The molecule has 1 heterocycles. The van der Waals surface area contributed by atoms with E-state index in [1.165, 1.54) is 37.6 Å². The van der Waals surface area contributed by atoms with Gasteiger partial charge in [0.05, 0.1) is 18.9 Å². The number of ether oxygens (including phenoxy) is 2. The first-order valence-electron chi connectivity index (χ1n) is 10.9. The lowest BCUT2D eigenvalue weighted by Crippen LogP contribution is -2.17. The Bertz CT molecular complexity index is 1170. The molecule has 2 aromatic carbocycles. The quantitative estimate of drug-likeness (QED) is 0.451. The van der Waals surface area contributed by atoms with Gasteiger partial charge in [-0.05, 0) is 49.9 Å². The number of imidazole rings is 1. The molecule has 0 aliphatic heterocycles. The van der Waals surface area contributed by atoms with Crippen LogP contribution >= 0.6 is 0 Å². The van der Waals surface area contributed by atoms with Gasteiger partial charge in [0.1, 0.15) is 17.2 Å². The number of hydrogen-bond acceptors (Lipinski definition) is 5. The van der Waals surface area contributed by atoms with Crippen molar-refractivity contribution < 1.29 is 36.9 Å². The standard InChI is InChI=1S/C24H23F4N3O4/c1-34-17-10-18(25)21(19(26)11-17)31-12-20(13-2-6-15(32)7-3-13)29-24(31)30-22(33)14-4-8-16(9-5-14)35-23(27)28/h4-5,8-13,15,23,32H,2-3,6-7H2,1H3,(H,29,30,33). The third-order valence-electron chi connectivity index (χ3n) is 5.87. The number of carbonyl (C=O) groups excluding carboxylic acids is 1. The van der Waals surface area contributed by atoms with Crippen LogP contribution in [0.1, 0.15) is 47.7 Å². The Morgan fingerprint density at radius 2 is 1.71 bits per heavy atom. The SMILES string of the molecule is COc1cc(F)c(-n2cc(C3CCC(O)CC3)nc2NC(=O)c2ccc(OC(F)F)cc2)c(F)c1. The van der Waals surface area contributed by atoms with Crippen LogP contribution in [0.4, 0.5) is 23.5 Å². The molecule has 35 heavy (non-hydrogen) atoms. The van der Waals surface area contributed by atoms with Gasteiger partial charge in [-0.25, -0.2) is 13.8 Å². The van der Waals surface area contributed by atoms with Crippen LogP contribution < -0.4 is 14.8 Å². The Morgan fingerprint density at radius 1 is 1.09 bits per heavy atom. The molecule has 1 aliphatic rings. The lowest BCUT2D eigenvalue weighted by Gasteiger charge is -2.23. The number of aliphatic hydroxyl groups is 1. The molecule has 1 aromatic heterocycles. The molecule has 2 N–H and O–H groups in total. The Labute approximate surface area is 198 Å². The molecule has 7 nitrogen and oxygen atoms in total. The first kappa shape index (κ1) is 24.5. The molecule has 186 valence electrons. The lowest BCUT2D eigenvalue weighted by molar-refractivity contribution is -0.0498. The third kappa shape index (κ3) is 5.56. The smallest absolute Gasteiger partial charge is 0.387 e. The van der Waals surface area contributed by atoms with Crippen molar-refractivity contribution in [2.45, 2.75) is 44.3 Å². The highest BCUT2D eigenvalue weighted by Gasteiger charge is 2.26. The Kier molecular flexibility index (Phi) is 7.25. The zero-order valence-electron chi connectivity index (χ0n) is 18.7. The predicted molar refractivity (Wildman–Crippen MR) is 118 cm³/mol. The predicted octanol–water partition coefficient (Wildman–Crippen LogP) is 5.03. The van der Waals surface area contributed by atoms with Gasteiger partial charge >= 0.3 is 6.61 Å². The molecule has 1 saturated carbocycles. The normalized spacial score (nSPS) is 17.9. The molecule has 0 radical (unpaired) electrons. The summed E-state index contributed by atoms with van der Waals surface area (Å²) in [6, 6.07) is 6.99. The van der Waals surface area contributed by atoms with Crippen LogP contribution in [0.15, 0.2) is 42.6 Å². The highest BCUT2D eigenvalue weighted by Crippen LogP contribution is 2.35. The maximum absolute atomic E-state index is 14.9. The van der Waals surface area contributed by atoms with E-state index in [9.17, 15) is 27.5 Å². The van der Waals surface area contributed by atoms with E-state index in [4.69, 9.17) is 4.74 Å². The highest BCUT2D eigenvalue weighted by molar-refractivity contribution is 6.03. The molecular formula is C24H23F4N3O4. The van der Waals surface area contributed by atoms with Crippen molar-refractivity contribution in [1.82, 2.24) is 9.55 Å². The van der Waals surface area contributed by atoms with Crippen molar-refractivity contribution >= 4 is 11.9 Å². The molecule has 1 fully saturated rings. The monoisotopic (exact) mass is 493 g/mol. The van der Waals surface area contributed by atoms with Gasteiger partial charge in [0.2, 0.25) is 5.95 Å². The van der Waals surface area contributed by atoms with Crippen LogP contribution in [0.2, 0.25) is 0 Å². The van der Waals surface area contributed by atoms with Crippen LogP contribution in [0.3, 0.4) is 0 Å². The molecule has 0 spiro atoms. The Morgan fingerprint density at radius 3 is 2.29 bits per heavy atom. The molecule has 0 bridgehead atoms. The third-order valence-corrected chi connectivity index (χ3v) is 5.87. The van der Waals surface area contributed by atoms with Crippen molar-refractivity contribution in [2.75, 3.05) is 12.4 Å². The number of halogens is 4. The average molecular weight is 493 g/mol. The summed E-state index contributed by atoms with van der Waals surface area (Å²) in [5.41, 5.74) is 0.165. The largest absolute Gasteiger partial charge is 0.497 e. The maximum Gasteiger partial charge on any atom is 0.387 e. The van der Waals surface area contributed by atoms with Gasteiger partial charge < -0.3 is 14.6 Å². The number of methoxy groups -OCH3 is 1. The number of alkyl halides is 2. The highest BCUT2D eigenvalue weighted by atomic mass is 19.3. The number of anilines is 1. The summed E-state index contributed by atoms with van der Waals surface area (Å²) in [5.74, 6) is -2.83. The maximum atomic E-state index is 14.9. The summed E-state index contributed by atoms with van der Waals surface area (Å²) < 4.78 is 64.8. The van der Waals surface area contributed by atoms with Crippen molar-refractivity contribution in [2.24, 2.45) is 0 Å². The number of amides is 1. The number of aromatic nitrogens is 2. The number of hydrogen-bond donors (Lipinski definition) is 2. The van der Waals surface area contributed by atoms with Crippen LogP contribution in [-0.4, -0.2) is 40.4 Å². The fourth-order valence-electron chi connectivity index (χ4n) is 4.08. The number of rotatable bonds is 7. The molecule has 3 aromatic rings. The van der Waals surface area contributed by atoms with Gasteiger partial charge in [-0.2, -0.15) is 8.78 Å². The van der Waals surface area contributed by atoms with E-state index in [1.54, 1.807) is 0 Å². The van der Waals surface area contributed by atoms with Gasteiger partial charge in [0.25, 0.3) is 5.91 Å². The summed E-state index contributed by atoms with van der Waals surface area (Å²) in [6.07, 6.45) is 3.46. The fourth-order valence-corrected chi connectivity index (χ4v) is 4.08. The lowest BCUT2D eigenvalue weighted by atomic mass is 9.86. The molecule has 0 atom stereocenters. The average Bonchev–Trinajstić information content (AvgIpc) is 3.22. The van der Waals surface area contributed by atoms with Crippen LogP contribution in [0.25, 0.3) is 5.69 Å². The summed E-state index contributed by atoms with van der Waals surface area (Å²) >= 11 is 0. The van der Waals surface area contributed by atoms with Crippen LogP contribution in [0, 0.1) is 11.6 Å². The molecular weight excluding hydrogens is 470 g/mol. The molecule has 4 rings (SSSR count). The van der Waals surface area contributed by atoms with Crippen molar-refractivity contribution in [3.63, 3.8) is 0 Å². The van der Waals surface area contributed by atoms with Gasteiger partial charge in [-0.3, -0.25) is 14.7 Å². The first-order chi connectivity index (χ1) is 16.7. The minimum atomic E-state index is -3.00. The number of benzene rings is 2. The molecule has 0 unspecified atom stereocenters. The second kappa shape index (κ2) is 10.3. The number of aliphatic hydroxyl groups excluding tert-OH is 1. The van der Waals surface area contributed by atoms with Crippen LogP contribution in [-0.2, 0) is 0 Å². The van der Waals surface area contributed by atoms with Crippen LogP contribution in [0.5, 0.6) is 11.5 Å². The summed E-state index contributed by atoms with van der Waals surface area (Å²) in [6.45, 7) is -3.00. The van der Waals surface area contributed by atoms with Gasteiger partial charge in [-0.15, -0.1) is 0 Å². The molecule has 1 amide bonds. The van der Waals surface area contributed by atoms with Crippen molar-refractivity contribution in [1.29, 1.82) is 0 Å². The second-order valence-electron chi connectivity index (χ2n) is 8.16. The fraction of sp³-hybridized carbons (Fsp3) is 0.333. The first-order valence-corrected chi connectivity index (χ1v) is 10.9. The molecule has 0 saturated heterocycles. The zero-order chi connectivity index (χ0) is 25.1. The number of carbonyl (C=O) groups is 1. The summed E-state index contributed by atoms with van der Waals surface area (Å²) in [4.78, 5) is 17.3. The number of nitrogens with zero attached hydrogens (tertiary/aromatic N) is 2. The zero-order valence-corrected chi connectivity index (χ0v) is 18.7. The van der Waals surface area contributed by atoms with E-state index in [0.717, 1.165) is 16.7 Å². The molecule has 11 heteroatoms. The van der Waals surface area contributed by atoms with Gasteiger partial charge in [0, 0.05) is 29.8 Å². The Balaban J connectivity index is 1.68. The van der Waals surface area contributed by atoms with E-state index in [2.05, 4.69) is 15.0 Å². The number of nitrogens with one attached hydrogen (secondary N) is 1. The minimum Gasteiger partial charge on any atom is -0.497 e. The topological polar surface area (TPSA) is 85.6 Å². The van der Waals surface area contributed by atoms with Crippen molar-refractivity contribution in [3.05, 3.63) is 65.5 Å². The second-order valence-corrected chi connectivity index (χ2v) is 8.16. The Hall–Kier alpha value is -3.60. The van der Waals surface area contributed by atoms with Crippen molar-refractivity contribution in [3.8, 4) is 17.2 Å². The van der Waals surface area contributed by atoms with E-state index in [1.807, 2.05) is 0 Å². The minimum absolute atomic E-state index is 0.0120. The van der Waals surface area contributed by atoms with Gasteiger partial charge in [-0.1, -0.05) is 0 Å². The van der Waals surface area contributed by atoms with E-state index >= 15 is 0 Å². The van der Waals surface area contributed by atoms with Gasteiger partial charge in [0.15, 0.2) is 11.6 Å². The summed E-state index contributed by atoms with van der Waals surface area (Å²) in [7, 11) is 1.28. The van der Waals surface area contributed by atoms with E-state index in [0.29, 0.717) is 31.4 Å². The summed E-state index contributed by atoms with van der Waals surface area (Å²) in [5, 5.41) is 12.3. The molecule has 1 aliphatic carbocycles. The van der Waals surface area contributed by atoms with E-state index in [-0.39, 0.29) is 28.9 Å². The van der Waals surface area contributed by atoms with E-state index < -0.39 is 35.9 Å².